The second kappa shape index (κ2) is 9.65. The molecule has 0 saturated carbocycles. The third-order valence-corrected chi connectivity index (χ3v) is 4.86. The molecule has 30 heavy (non-hydrogen) atoms. The van der Waals surface area contributed by atoms with Crippen LogP contribution < -0.4 is 10.1 Å². The van der Waals surface area contributed by atoms with Gasteiger partial charge in [-0.3, -0.25) is 4.79 Å². The van der Waals surface area contributed by atoms with Crippen molar-refractivity contribution in [1.82, 2.24) is 0 Å². The molecule has 162 valence electrons. The Hall–Kier alpha value is -3.02. The van der Waals surface area contributed by atoms with Gasteiger partial charge in [0.15, 0.2) is 0 Å². The standard InChI is InChI=1S/C24H31NO5/c1-13(2)18-12-17(8-9-21(18)26)30-22-19(14(3)4)10-16(11-20(22)15(5)6)25-23(27)24(28)29-7/h8-15,26H,1-7H3,(H,25,27). The van der Waals surface area contributed by atoms with Crippen LogP contribution in [-0.2, 0) is 14.3 Å². The Morgan fingerprint density at radius 1 is 0.867 bits per heavy atom. The molecule has 0 spiro atoms. The molecule has 0 heterocycles. The lowest BCUT2D eigenvalue weighted by Gasteiger charge is -2.22. The predicted octanol–water partition coefficient (Wildman–Crippen LogP) is 5.67. The van der Waals surface area contributed by atoms with Crippen LogP contribution in [0.5, 0.6) is 17.2 Å². The van der Waals surface area contributed by atoms with Crippen LogP contribution >= 0.6 is 0 Å². The minimum atomic E-state index is -0.946. The van der Waals surface area contributed by atoms with Gasteiger partial charge in [-0.2, -0.15) is 0 Å². The van der Waals surface area contributed by atoms with Crippen molar-refractivity contribution in [2.24, 2.45) is 0 Å². The number of phenolic OH excluding ortho intramolecular Hbond substituents is 1. The number of nitrogens with one attached hydrogen (secondary N) is 1. The normalized spacial score (nSPS) is 11.1. The summed E-state index contributed by atoms with van der Waals surface area (Å²) in [6.07, 6.45) is 0. The van der Waals surface area contributed by atoms with Gasteiger partial charge in [0.1, 0.15) is 17.2 Å². The fourth-order valence-corrected chi connectivity index (χ4v) is 3.17. The van der Waals surface area contributed by atoms with Crippen LogP contribution in [0.3, 0.4) is 0 Å². The summed E-state index contributed by atoms with van der Waals surface area (Å²) < 4.78 is 10.8. The van der Waals surface area contributed by atoms with E-state index in [4.69, 9.17) is 4.74 Å². The number of rotatable bonds is 6. The summed E-state index contributed by atoms with van der Waals surface area (Å²) in [5.74, 6) is 0.185. The average molecular weight is 414 g/mol. The van der Waals surface area contributed by atoms with Crippen molar-refractivity contribution in [2.45, 2.75) is 59.3 Å². The summed E-state index contributed by atoms with van der Waals surface area (Å²) in [7, 11) is 1.17. The molecule has 6 heteroatoms. The van der Waals surface area contributed by atoms with Crippen LogP contribution in [0.15, 0.2) is 30.3 Å². The lowest BCUT2D eigenvalue weighted by atomic mass is 9.93. The Morgan fingerprint density at radius 2 is 1.40 bits per heavy atom. The fraction of sp³-hybridized carbons (Fsp3) is 0.417. The molecule has 0 aliphatic heterocycles. The van der Waals surface area contributed by atoms with E-state index in [9.17, 15) is 14.7 Å². The molecular weight excluding hydrogens is 382 g/mol. The number of hydrogen-bond acceptors (Lipinski definition) is 5. The zero-order valence-corrected chi connectivity index (χ0v) is 18.7. The summed E-state index contributed by atoms with van der Waals surface area (Å²) in [5, 5.41) is 12.7. The largest absolute Gasteiger partial charge is 0.508 e. The molecule has 1 amide bonds. The molecule has 6 nitrogen and oxygen atoms in total. The Balaban J connectivity index is 2.54. The first-order valence-corrected chi connectivity index (χ1v) is 10.1. The van der Waals surface area contributed by atoms with Crippen LogP contribution in [0.1, 0.15) is 76.0 Å². The number of aromatic hydroxyl groups is 1. The number of amides is 1. The van der Waals surface area contributed by atoms with Gasteiger partial charge in [0.05, 0.1) is 7.11 Å². The SMILES string of the molecule is COC(=O)C(=O)Nc1cc(C(C)C)c(Oc2ccc(O)c(C(C)C)c2)c(C(C)C)c1. The predicted molar refractivity (Wildman–Crippen MR) is 118 cm³/mol. The molecule has 0 aromatic heterocycles. The molecule has 0 radical (unpaired) electrons. The number of carbonyl (C=O) groups is 2. The maximum Gasteiger partial charge on any atom is 0.396 e. The van der Waals surface area contributed by atoms with E-state index < -0.39 is 11.9 Å². The highest BCUT2D eigenvalue weighted by molar-refractivity contribution is 6.37. The van der Waals surface area contributed by atoms with Gasteiger partial charge in [0.25, 0.3) is 0 Å². The first-order chi connectivity index (χ1) is 14.0. The Labute approximate surface area is 178 Å². The van der Waals surface area contributed by atoms with Gasteiger partial charge in [0, 0.05) is 11.3 Å². The summed E-state index contributed by atoms with van der Waals surface area (Å²) in [5.41, 5.74) is 3.13. The molecule has 0 aliphatic carbocycles. The smallest absolute Gasteiger partial charge is 0.396 e. The van der Waals surface area contributed by atoms with Crippen LogP contribution in [0, 0.1) is 0 Å². The van der Waals surface area contributed by atoms with E-state index in [2.05, 4.69) is 10.1 Å². The molecule has 2 aromatic rings. The van der Waals surface area contributed by atoms with Crippen molar-refractivity contribution in [3.05, 3.63) is 47.0 Å². The molecule has 0 saturated heterocycles. The lowest BCUT2D eigenvalue weighted by Crippen LogP contribution is -2.24. The van der Waals surface area contributed by atoms with E-state index in [-0.39, 0.29) is 23.5 Å². The molecule has 2 aromatic carbocycles. The molecule has 2 rings (SSSR count). The van der Waals surface area contributed by atoms with Crippen LogP contribution in [0.4, 0.5) is 5.69 Å². The third-order valence-electron chi connectivity index (χ3n) is 4.86. The van der Waals surface area contributed by atoms with Crippen molar-refractivity contribution in [3.63, 3.8) is 0 Å². The number of phenols is 1. The van der Waals surface area contributed by atoms with E-state index in [1.807, 2.05) is 59.7 Å². The van der Waals surface area contributed by atoms with Gasteiger partial charge in [-0.25, -0.2) is 4.79 Å². The number of anilines is 1. The van der Waals surface area contributed by atoms with Crippen molar-refractivity contribution in [2.75, 3.05) is 12.4 Å². The van der Waals surface area contributed by atoms with Gasteiger partial charge in [0.2, 0.25) is 0 Å². The van der Waals surface area contributed by atoms with Gasteiger partial charge < -0.3 is 19.9 Å². The Kier molecular flexibility index (Phi) is 7.48. The van der Waals surface area contributed by atoms with E-state index >= 15 is 0 Å². The molecule has 0 unspecified atom stereocenters. The molecular formula is C24H31NO5. The second-order valence-electron chi connectivity index (χ2n) is 8.22. The Bertz CT molecular complexity index is 902. The zero-order chi connectivity index (χ0) is 22.6. The number of benzene rings is 2. The maximum absolute atomic E-state index is 12.0. The molecule has 0 bridgehead atoms. The number of methoxy groups -OCH3 is 1. The Morgan fingerprint density at radius 3 is 1.87 bits per heavy atom. The van der Waals surface area contributed by atoms with Crippen LogP contribution in [0.2, 0.25) is 0 Å². The highest BCUT2D eigenvalue weighted by Crippen LogP contribution is 2.41. The molecule has 0 atom stereocenters. The minimum Gasteiger partial charge on any atom is -0.508 e. The maximum atomic E-state index is 12.0. The number of ether oxygens (including phenoxy) is 2. The first-order valence-electron chi connectivity index (χ1n) is 10.1. The number of esters is 1. The fourth-order valence-electron chi connectivity index (χ4n) is 3.17. The molecule has 0 fully saturated rings. The highest BCUT2D eigenvalue weighted by Gasteiger charge is 2.21. The third kappa shape index (κ3) is 5.32. The average Bonchev–Trinajstić information content (AvgIpc) is 2.68. The van der Waals surface area contributed by atoms with Crippen molar-refractivity contribution < 1.29 is 24.2 Å². The molecule has 0 aliphatic rings. The summed E-state index contributed by atoms with van der Waals surface area (Å²) in [4.78, 5) is 23.5. The first kappa shape index (κ1) is 23.3. The van der Waals surface area contributed by atoms with Gasteiger partial charge >= 0.3 is 11.9 Å². The van der Waals surface area contributed by atoms with E-state index in [0.717, 1.165) is 22.4 Å². The minimum absolute atomic E-state index is 0.106. The molecule has 2 N–H and O–H groups in total. The van der Waals surface area contributed by atoms with Gasteiger partial charge in [-0.05, 0) is 59.2 Å². The topological polar surface area (TPSA) is 84.9 Å². The van der Waals surface area contributed by atoms with Crippen molar-refractivity contribution >= 4 is 17.6 Å². The van der Waals surface area contributed by atoms with E-state index in [1.165, 1.54) is 7.11 Å². The van der Waals surface area contributed by atoms with Crippen LogP contribution in [0.25, 0.3) is 0 Å². The number of hydrogen-bond donors (Lipinski definition) is 2. The summed E-state index contributed by atoms with van der Waals surface area (Å²) >= 11 is 0. The zero-order valence-electron chi connectivity index (χ0n) is 18.7. The van der Waals surface area contributed by atoms with E-state index in [1.54, 1.807) is 12.1 Å². The summed E-state index contributed by atoms with van der Waals surface area (Å²) in [6, 6.07) is 8.86. The number of carbonyl (C=O) groups excluding carboxylic acids is 2. The van der Waals surface area contributed by atoms with Gasteiger partial charge in [-0.1, -0.05) is 41.5 Å². The monoisotopic (exact) mass is 413 g/mol. The quantitative estimate of drug-likeness (QED) is 0.471. The van der Waals surface area contributed by atoms with E-state index in [0.29, 0.717) is 11.4 Å². The second-order valence-corrected chi connectivity index (χ2v) is 8.22. The summed E-state index contributed by atoms with van der Waals surface area (Å²) in [6.45, 7) is 12.2. The van der Waals surface area contributed by atoms with Crippen molar-refractivity contribution in [3.8, 4) is 17.2 Å². The van der Waals surface area contributed by atoms with Crippen LogP contribution in [-0.4, -0.2) is 24.1 Å². The van der Waals surface area contributed by atoms with Crippen molar-refractivity contribution in [1.29, 1.82) is 0 Å². The highest BCUT2D eigenvalue weighted by atomic mass is 16.5. The van der Waals surface area contributed by atoms with Gasteiger partial charge in [-0.15, -0.1) is 0 Å². The lowest BCUT2D eigenvalue weighted by molar-refractivity contribution is -0.150.